The van der Waals surface area contributed by atoms with Crippen LogP contribution in [0.3, 0.4) is 0 Å². The fraction of sp³-hybridized carbons (Fsp3) is 0.0625. The first-order valence-electron chi connectivity index (χ1n) is 6.99. The summed E-state index contributed by atoms with van der Waals surface area (Å²) < 4.78 is 33.0. The number of sulfonamides is 1. The van der Waals surface area contributed by atoms with Crippen LogP contribution >= 0.6 is 0 Å². The molecule has 2 aromatic carbocycles. The zero-order chi connectivity index (χ0) is 18.2. The van der Waals surface area contributed by atoms with Gasteiger partial charge in [-0.1, -0.05) is 6.07 Å². The van der Waals surface area contributed by atoms with E-state index in [1.165, 1.54) is 31.3 Å². The highest BCUT2D eigenvalue weighted by molar-refractivity contribution is 7.92. The second kappa shape index (κ2) is 5.92. The molecule has 0 atom stereocenters. The standard InChI is InChI=1S/C16H11N3O5S/c1-19-14-6-5-12(8-13(14)15(20)24-16(19)21)25(22,23)18-11-4-2-3-10(7-11)9-17/h2-8,18H,1H3. The van der Waals surface area contributed by atoms with Crippen LogP contribution in [0, 0.1) is 11.3 Å². The summed E-state index contributed by atoms with van der Waals surface area (Å²) in [5, 5.41) is 8.84. The highest BCUT2D eigenvalue weighted by Crippen LogP contribution is 2.19. The summed E-state index contributed by atoms with van der Waals surface area (Å²) >= 11 is 0. The van der Waals surface area contributed by atoms with Gasteiger partial charge in [-0.15, -0.1) is 0 Å². The Balaban J connectivity index is 2.10. The van der Waals surface area contributed by atoms with Crippen molar-refractivity contribution in [1.82, 2.24) is 4.57 Å². The number of nitrogens with one attached hydrogen (secondary N) is 1. The van der Waals surface area contributed by atoms with Crippen molar-refractivity contribution in [1.29, 1.82) is 5.26 Å². The van der Waals surface area contributed by atoms with Gasteiger partial charge in [-0.2, -0.15) is 5.26 Å². The molecule has 9 heteroatoms. The molecule has 0 aliphatic heterocycles. The van der Waals surface area contributed by atoms with Gasteiger partial charge in [0.15, 0.2) is 0 Å². The predicted molar refractivity (Wildman–Crippen MR) is 89.7 cm³/mol. The molecule has 0 saturated heterocycles. The summed E-state index contributed by atoms with van der Waals surface area (Å²) in [6.07, 6.45) is 0. The van der Waals surface area contributed by atoms with Gasteiger partial charge in [-0.25, -0.2) is 18.0 Å². The van der Waals surface area contributed by atoms with Crippen molar-refractivity contribution >= 4 is 26.6 Å². The second-order valence-corrected chi connectivity index (χ2v) is 6.87. The number of nitrogens with zero attached hydrogens (tertiary/aromatic N) is 2. The summed E-state index contributed by atoms with van der Waals surface area (Å²) in [4.78, 5) is 23.1. The molecular weight excluding hydrogens is 346 g/mol. The molecule has 3 aromatic rings. The SMILES string of the molecule is Cn1c(=O)oc(=O)c2cc(S(=O)(=O)Nc3cccc(C#N)c3)ccc21. The zero-order valence-corrected chi connectivity index (χ0v) is 13.7. The van der Waals surface area contributed by atoms with Crippen molar-refractivity contribution in [2.24, 2.45) is 7.05 Å². The fourth-order valence-electron chi connectivity index (χ4n) is 2.31. The van der Waals surface area contributed by atoms with Crippen LogP contribution in [0.1, 0.15) is 5.56 Å². The van der Waals surface area contributed by atoms with Crippen LogP contribution in [0.5, 0.6) is 0 Å². The lowest BCUT2D eigenvalue weighted by molar-refractivity contribution is 0.432. The number of aromatic nitrogens is 1. The highest BCUT2D eigenvalue weighted by Gasteiger charge is 2.17. The van der Waals surface area contributed by atoms with Crippen molar-refractivity contribution < 1.29 is 12.8 Å². The largest absolute Gasteiger partial charge is 0.422 e. The molecular formula is C16H11N3O5S. The fourth-order valence-corrected chi connectivity index (χ4v) is 3.38. The molecule has 0 aliphatic rings. The minimum absolute atomic E-state index is 0.0317. The average molecular weight is 357 g/mol. The van der Waals surface area contributed by atoms with Crippen LogP contribution in [-0.2, 0) is 17.1 Å². The first kappa shape index (κ1) is 16.5. The van der Waals surface area contributed by atoms with Crippen LogP contribution in [0.25, 0.3) is 10.9 Å². The van der Waals surface area contributed by atoms with Crippen LogP contribution in [-0.4, -0.2) is 13.0 Å². The van der Waals surface area contributed by atoms with E-state index in [4.69, 9.17) is 5.26 Å². The summed E-state index contributed by atoms with van der Waals surface area (Å²) in [6.45, 7) is 0. The Hall–Kier alpha value is -3.38. The number of aryl methyl sites for hydroxylation is 1. The van der Waals surface area contributed by atoms with Gasteiger partial charge in [-0.3, -0.25) is 9.29 Å². The maximum Gasteiger partial charge on any atom is 0.422 e. The van der Waals surface area contributed by atoms with Crippen molar-refractivity contribution in [2.45, 2.75) is 4.90 Å². The molecule has 1 aromatic heterocycles. The Morgan fingerprint density at radius 2 is 1.92 bits per heavy atom. The average Bonchev–Trinajstić information content (AvgIpc) is 2.59. The van der Waals surface area contributed by atoms with Gasteiger partial charge in [-0.05, 0) is 36.4 Å². The molecule has 0 aliphatic carbocycles. The van der Waals surface area contributed by atoms with Gasteiger partial charge >= 0.3 is 11.4 Å². The van der Waals surface area contributed by atoms with Crippen molar-refractivity contribution in [3.05, 3.63) is 69.0 Å². The first-order valence-corrected chi connectivity index (χ1v) is 8.47. The molecule has 0 amide bonds. The van der Waals surface area contributed by atoms with E-state index in [9.17, 15) is 18.0 Å². The Morgan fingerprint density at radius 1 is 1.16 bits per heavy atom. The number of hydrogen-bond donors (Lipinski definition) is 1. The van der Waals surface area contributed by atoms with Crippen LogP contribution < -0.4 is 16.1 Å². The van der Waals surface area contributed by atoms with E-state index in [0.29, 0.717) is 5.56 Å². The van der Waals surface area contributed by atoms with E-state index in [0.717, 1.165) is 10.6 Å². The maximum atomic E-state index is 12.5. The molecule has 0 bridgehead atoms. The van der Waals surface area contributed by atoms with Gasteiger partial charge in [0.25, 0.3) is 10.0 Å². The number of fused-ring (bicyclic) bond motifs is 1. The highest BCUT2D eigenvalue weighted by atomic mass is 32.2. The van der Waals surface area contributed by atoms with E-state index in [1.54, 1.807) is 12.1 Å². The molecule has 8 nitrogen and oxygen atoms in total. The molecule has 3 rings (SSSR count). The maximum absolute atomic E-state index is 12.5. The van der Waals surface area contributed by atoms with Crippen LogP contribution in [0.15, 0.2) is 61.4 Å². The van der Waals surface area contributed by atoms with Crippen molar-refractivity contribution in [3.63, 3.8) is 0 Å². The van der Waals surface area contributed by atoms with E-state index >= 15 is 0 Å². The minimum atomic E-state index is -4.00. The van der Waals surface area contributed by atoms with Gasteiger partial charge in [0.05, 0.1) is 33.1 Å². The zero-order valence-electron chi connectivity index (χ0n) is 12.9. The lowest BCUT2D eigenvalue weighted by Gasteiger charge is -2.09. The number of benzene rings is 2. The van der Waals surface area contributed by atoms with Gasteiger partial charge in [0, 0.05) is 7.05 Å². The number of anilines is 1. The van der Waals surface area contributed by atoms with Gasteiger partial charge < -0.3 is 4.42 Å². The molecule has 25 heavy (non-hydrogen) atoms. The quantitative estimate of drug-likeness (QED) is 0.750. The minimum Gasteiger partial charge on any atom is -0.372 e. The van der Waals surface area contributed by atoms with E-state index < -0.39 is 21.4 Å². The summed E-state index contributed by atoms with van der Waals surface area (Å²) in [7, 11) is -2.59. The van der Waals surface area contributed by atoms with E-state index in [1.807, 2.05) is 6.07 Å². The van der Waals surface area contributed by atoms with Gasteiger partial charge in [0.2, 0.25) is 0 Å². The van der Waals surface area contributed by atoms with E-state index in [2.05, 4.69) is 9.14 Å². The topological polar surface area (TPSA) is 122 Å². The molecule has 0 saturated carbocycles. The summed E-state index contributed by atoms with van der Waals surface area (Å²) in [5.41, 5.74) is -0.144. The normalized spacial score (nSPS) is 11.2. The Labute approximate surface area is 141 Å². The summed E-state index contributed by atoms with van der Waals surface area (Å²) in [6, 6.07) is 11.6. The Kier molecular flexibility index (Phi) is 3.90. The second-order valence-electron chi connectivity index (χ2n) is 5.19. The Morgan fingerprint density at radius 3 is 2.64 bits per heavy atom. The number of nitriles is 1. The van der Waals surface area contributed by atoms with Gasteiger partial charge in [0.1, 0.15) is 0 Å². The Bertz CT molecular complexity index is 1250. The van der Waals surface area contributed by atoms with Crippen LogP contribution in [0.2, 0.25) is 0 Å². The van der Waals surface area contributed by atoms with Crippen LogP contribution in [0.4, 0.5) is 5.69 Å². The molecule has 0 radical (unpaired) electrons. The van der Waals surface area contributed by atoms with E-state index in [-0.39, 0.29) is 21.5 Å². The third-order valence-corrected chi connectivity index (χ3v) is 4.94. The molecule has 126 valence electrons. The third-order valence-electron chi connectivity index (χ3n) is 3.56. The third kappa shape index (κ3) is 3.02. The lowest BCUT2D eigenvalue weighted by atomic mass is 10.2. The number of hydrogen-bond acceptors (Lipinski definition) is 6. The smallest absolute Gasteiger partial charge is 0.372 e. The molecule has 1 heterocycles. The molecule has 0 unspecified atom stereocenters. The lowest BCUT2D eigenvalue weighted by Crippen LogP contribution is -2.23. The van der Waals surface area contributed by atoms with Crippen molar-refractivity contribution in [2.75, 3.05) is 4.72 Å². The number of rotatable bonds is 3. The first-order chi connectivity index (χ1) is 11.8. The predicted octanol–water partition coefficient (Wildman–Crippen LogP) is 1.16. The molecule has 0 spiro atoms. The summed E-state index contributed by atoms with van der Waals surface area (Å²) in [5.74, 6) is -0.834. The molecule has 0 fully saturated rings. The monoisotopic (exact) mass is 357 g/mol. The van der Waals surface area contributed by atoms with Crippen molar-refractivity contribution in [3.8, 4) is 6.07 Å². The molecule has 1 N–H and O–H groups in total.